The van der Waals surface area contributed by atoms with Crippen molar-refractivity contribution >= 4 is 82.8 Å². The van der Waals surface area contributed by atoms with Gasteiger partial charge in [-0.2, -0.15) is 12.9 Å². The summed E-state index contributed by atoms with van der Waals surface area (Å²) in [4.78, 5) is 81.9. The number of anilines is 3. The van der Waals surface area contributed by atoms with Gasteiger partial charge in [0.1, 0.15) is 33.9 Å². The summed E-state index contributed by atoms with van der Waals surface area (Å²) in [6.07, 6.45) is 18.0. The lowest BCUT2D eigenvalue weighted by Crippen LogP contribution is -2.42. The number of hydrogen-bond donors (Lipinski definition) is 6. The van der Waals surface area contributed by atoms with Crippen LogP contribution in [-0.2, 0) is 83.7 Å². The van der Waals surface area contributed by atoms with E-state index in [2.05, 4.69) is 36.4 Å². The first-order valence-electron chi connectivity index (χ1n) is 47.2. The molecular formula is C112H122N6O18S3. The molecule has 726 valence electrons. The van der Waals surface area contributed by atoms with E-state index in [4.69, 9.17) is 0 Å². The Morgan fingerprint density at radius 3 is 0.835 bits per heavy atom. The van der Waals surface area contributed by atoms with Crippen LogP contribution in [0.15, 0.2) is 282 Å². The predicted octanol–water partition coefficient (Wildman–Crippen LogP) is 21.8. The zero-order chi connectivity index (χ0) is 99.4. The highest BCUT2D eigenvalue weighted by Gasteiger charge is 2.36. The molecule has 3 saturated carbocycles. The summed E-state index contributed by atoms with van der Waals surface area (Å²) >= 11 is 0. The molecule has 3 aliphatic rings. The van der Waals surface area contributed by atoms with E-state index < -0.39 is 103 Å². The zero-order valence-electron chi connectivity index (χ0n) is 79.6. The standard InChI is InChI=1S/C38H42N2O6S.2C37H40N2O6S/c1-26-10-18-34(19-11-26)47(45,46)39(24-32-21-27(2)9-12-28(32)3)25-37(42)40(33-17-20-35(38(43)44)36(41)22-33)23-29-13-15-31(16-14-29)30-7-5-4-6-8-30;1-26-11-18-33(19-12-26)46(44,45)38(23-29-8-6-7-27(2)21-29)25-36(41)39(32-17-20-34(37(42)43)35(40)22-32)24-28-13-15-31(16-14-28)30-9-4-3-5-10-30;1-26-8-12-28(13-9-26)23-38(46(44,45)33-19-10-27(2)11-20-33)25-36(41)39(32-18-21-34(37(42)43)35(40)22-32)24-29-14-16-31(17-15-29)30-6-4-3-5-7-30/h9-22,30,41H,4-8,23-25H2,1-3H3,(H,43,44);6-8,11-22,30,40H,3-5,9-10,23-25H2,1-2H3,(H,42,43);8-22,30,40H,3-7,23-25H2,1-2H3,(H,42,43). The summed E-state index contributed by atoms with van der Waals surface area (Å²) in [5.74, 6) is -5.38. The molecule has 0 saturated heterocycles. The van der Waals surface area contributed by atoms with Crippen LogP contribution in [0.2, 0.25) is 0 Å². The summed E-state index contributed by atoms with van der Waals surface area (Å²) in [6.45, 7) is 12.1. The van der Waals surface area contributed by atoms with Gasteiger partial charge in [0.05, 0.1) is 54.0 Å². The molecule has 0 bridgehead atoms. The molecule has 27 heteroatoms. The van der Waals surface area contributed by atoms with Crippen LogP contribution in [0, 0.1) is 48.5 Å². The van der Waals surface area contributed by atoms with E-state index in [0.29, 0.717) is 17.8 Å². The second-order valence-corrected chi connectivity index (χ2v) is 42.7. The van der Waals surface area contributed by atoms with Gasteiger partial charge in [0.2, 0.25) is 47.8 Å². The number of carbonyl (C=O) groups excluding carboxylic acids is 3. The Kier molecular flexibility index (Phi) is 34.7. The van der Waals surface area contributed by atoms with Crippen molar-refractivity contribution in [1.82, 2.24) is 12.9 Å². The van der Waals surface area contributed by atoms with E-state index in [-0.39, 0.29) is 87.7 Å². The van der Waals surface area contributed by atoms with Crippen molar-refractivity contribution in [3.05, 3.63) is 373 Å². The summed E-state index contributed by atoms with van der Waals surface area (Å²) in [7, 11) is -12.3. The maximum Gasteiger partial charge on any atom is 0.339 e. The van der Waals surface area contributed by atoms with Gasteiger partial charge in [-0.25, -0.2) is 39.6 Å². The quantitative estimate of drug-likeness (QED) is 0.0222. The van der Waals surface area contributed by atoms with Gasteiger partial charge in [0.15, 0.2) is 0 Å². The molecule has 3 fully saturated rings. The van der Waals surface area contributed by atoms with Gasteiger partial charge in [-0.3, -0.25) is 14.4 Å². The molecule has 0 aromatic heterocycles. The Balaban J connectivity index is 0.000000176. The third kappa shape index (κ3) is 27.2. The first kappa shape index (κ1) is 103. The predicted molar refractivity (Wildman–Crippen MR) is 540 cm³/mol. The average molecular weight is 1940 g/mol. The summed E-state index contributed by atoms with van der Waals surface area (Å²) in [6, 6.07) is 76.5. The van der Waals surface area contributed by atoms with Crippen LogP contribution in [0.3, 0.4) is 0 Å². The van der Waals surface area contributed by atoms with Gasteiger partial charge in [0, 0.05) is 54.9 Å². The summed E-state index contributed by atoms with van der Waals surface area (Å²) in [5.41, 5.74) is 15.0. The van der Waals surface area contributed by atoms with Crippen molar-refractivity contribution in [2.45, 2.75) is 216 Å². The number of amides is 3. The number of rotatable bonds is 33. The number of sulfonamides is 3. The Morgan fingerprint density at radius 2 is 0.540 bits per heavy atom. The lowest BCUT2D eigenvalue weighted by atomic mass is 9.84. The second-order valence-electron chi connectivity index (χ2n) is 36.9. The monoisotopic (exact) mass is 1930 g/mol. The first-order valence-corrected chi connectivity index (χ1v) is 51.5. The van der Waals surface area contributed by atoms with Gasteiger partial charge in [-0.15, -0.1) is 0 Å². The molecule has 0 spiro atoms. The molecule has 139 heavy (non-hydrogen) atoms. The molecule has 0 heterocycles. The van der Waals surface area contributed by atoms with E-state index >= 15 is 0 Å². The molecule has 15 rings (SSSR count). The van der Waals surface area contributed by atoms with E-state index in [1.807, 2.05) is 152 Å². The van der Waals surface area contributed by atoms with E-state index in [0.717, 1.165) is 115 Å². The van der Waals surface area contributed by atoms with Crippen LogP contribution in [0.25, 0.3) is 0 Å². The minimum absolute atomic E-state index is 0.0252. The van der Waals surface area contributed by atoms with Crippen molar-refractivity contribution in [2.24, 2.45) is 0 Å². The molecule has 12 aromatic carbocycles. The van der Waals surface area contributed by atoms with Gasteiger partial charge < -0.3 is 45.3 Å². The van der Waals surface area contributed by atoms with Gasteiger partial charge in [0.25, 0.3) is 0 Å². The lowest BCUT2D eigenvalue weighted by Gasteiger charge is -2.28. The highest BCUT2D eigenvalue weighted by molar-refractivity contribution is 7.89. The Labute approximate surface area is 815 Å². The maximum atomic E-state index is 14.3. The lowest BCUT2D eigenvalue weighted by molar-refractivity contribution is -0.119. The number of benzene rings is 12. The number of aromatic hydroxyl groups is 3. The minimum atomic E-state index is -4.11. The first-order chi connectivity index (χ1) is 66.4. The molecule has 3 amide bonds. The molecule has 0 aliphatic heterocycles. The largest absolute Gasteiger partial charge is 0.507 e. The highest BCUT2D eigenvalue weighted by Crippen LogP contribution is 2.39. The third-order valence-corrected chi connectivity index (χ3v) is 31.8. The Morgan fingerprint density at radius 1 is 0.273 bits per heavy atom. The Hall–Kier alpha value is -13.4. The van der Waals surface area contributed by atoms with Crippen molar-refractivity contribution in [1.29, 1.82) is 0 Å². The zero-order valence-corrected chi connectivity index (χ0v) is 82.0. The fourth-order valence-electron chi connectivity index (χ4n) is 18.2. The molecule has 0 radical (unpaired) electrons. The van der Waals surface area contributed by atoms with Crippen molar-refractivity contribution < 1.29 is 84.7 Å². The SMILES string of the molecule is Cc1ccc(CN(CC(=O)N(Cc2ccc(C3CCCCC3)cc2)c2ccc(C(=O)O)c(O)c2)S(=O)(=O)c2ccc(C)cc2)cc1.Cc1ccc(S(=O)(=O)N(CC(=O)N(Cc2ccc(C3CCCCC3)cc2)c2ccc(C(=O)O)c(O)c2)Cc2cc(C)ccc2C)cc1.Cc1ccc(S(=O)(=O)N(CC(=O)N(Cc2ccc(C3CCCCC3)cc2)c2ccc(C(=O)O)c(O)c2)Cc2cccc(C)c2)cc1. The highest BCUT2D eigenvalue weighted by atomic mass is 32.2. The van der Waals surface area contributed by atoms with Gasteiger partial charge in [-0.05, 0) is 233 Å². The van der Waals surface area contributed by atoms with Crippen LogP contribution >= 0.6 is 0 Å². The molecule has 6 N–H and O–H groups in total. The number of carbonyl (C=O) groups is 6. The smallest absolute Gasteiger partial charge is 0.339 e. The van der Waals surface area contributed by atoms with Crippen molar-refractivity contribution in [3.63, 3.8) is 0 Å². The van der Waals surface area contributed by atoms with Crippen LogP contribution in [0.1, 0.15) is 234 Å². The van der Waals surface area contributed by atoms with E-state index in [1.165, 1.54) is 177 Å². The van der Waals surface area contributed by atoms with Crippen molar-refractivity contribution in [3.8, 4) is 17.2 Å². The van der Waals surface area contributed by atoms with E-state index in [9.17, 15) is 84.7 Å². The van der Waals surface area contributed by atoms with Gasteiger partial charge >= 0.3 is 17.9 Å². The van der Waals surface area contributed by atoms with Crippen LogP contribution in [0.4, 0.5) is 17.1 Å². The molecule has 0 atom stereocenters. The molecule has 0 unspecified atom stereocenters. The average Bonchev–Trinajstić information content (AvgIpc) is 0.797. The number of phenols is 3. The second kappa shape index (κ2) is 46.8. The number of aryl methyl sites for hydroxylation is 7. The molecule has 24 nitrogen and oxygen atoms in total. The van der Waals surface area contributed by atoms with Crippen molar-refractivity contribution in [2.75, 3.05) is 34.3 Å². The normalized spacial score (nSPS) is 13.9. The maximum absolute atomic E-state index is 14.3. The number of aromatic carboxylic acids is 3. The number of carboxylic acids is 3. The fraction of sp³-hybridized carbons (Fsp3) is 0.304. The molecular weight excluding hydrogens is 1810 g/mol. The summed E-state index contributed by atoms with van der Waals surface area (Å²) in [5, 5.41) is 60.0. The fourth-order valence-corrected chi connectivity index (χ4v) is 22.3. The van der Waals surface area contributed by atoms with Crippen LogP contribution in [0.5, 0.6) is 17.2 Å². The number of nitrogens with zero attached hydrogens (tertiary/aromatic N) is 6. The third-order valence-electron chi connectivity index (χ3n) is 26.3. The summed E-state index contributed by atoms with van der Waals surface area (Å²) < 4.78 is 87.7. The van der Waals surface area contributed by atoms with Crippen LogP contribution < -0.4 is 14.7 Å². The molecule has 3 aliphatic carbocycles. The number of hydrogen-bond acceptors (Lipinski definition) is 15. The minimum Gasteiger partial charge on any atom is -0.507 e. The number of carboxylic acid groups (broad SMARTS) is 3. The topological polar surface area (TPSA) is 346 Å². The van der Waals surface area contributed by atoms with Crippen LogP contribution in [-0.4, -0.2) is 124 Å². The Bertz CT molecular complexity index is 6710. The molecule has 12 aromatic rings. The van der Waals surface area contributed by atoms with E-state index in [1.54, 1.807) is 48.5 Å². The van der Waals surface area contributed by atoms with Gasteiger partial charge in [-0.1, -0.05) is 267 Å².